The quantitative estimate of drug-likeness (QED) is 0.252. The van der Waals surface area contributed by atoms with Gasteiger partial charge in [-0.2, -0.15) is 0 Å². The van der Waals surface area contributed by atoms with Crippen LogP contribution in [-0.4, -0.2) is 0 Å². The Bertz CT molecular complexity index is 1960. The van der Waals surface area contributed by atoms with Crippen LogP contribution in [0.4, 0.5) is 0 Å². The van der Waals surface area contributed by atoms with Crippen LogP contribution in [0.25, 0.3) is 86.6 Å². The summed E-state index contributed by atoms with van der Waals surface area (Å²) in [4.78, 5) is 0. The molecule has 0 aliphatic carbocycles. The zero-order valence-corrected chi connectivity index (χ0v) is 16.5. The van der Waals surface area contributed by atoms with Crippen LogP contribution in [0.15, 0.2) is 89.3 Å². The summed E-state index contributed by atoms with van der Waals surface area (Å²) in [6, 6.07) is 31.2. The average molecular weight is 390 g/mol. The highest BCUT2D eigenvalue weighted by molar-refractivity contribution is 6.45. The van der Waals surface area contributed by atoms with E-state index in [0.29, 0.717) is 0 Å². The molecule has 1 heteroatoms. The van der Waals surface area contributed by atoms with Crippen molar-refractivity contribution in [3.05, 3.63) is 84.9 Å². The van der Waals surface area contributed by atoms with Gasteiger partial charge in [-0.15, -0.1) is 0 Å². The van der Waals surface area contributed by atoms with E-state index in [0.717, 1.165) is 11.2 Å². The maximum absolute atomic E-state index is 6.72. The number of rotatable bonds is 0. The van der Waals surface area contributed by atoms with Gasteiger partial charge in [-0.1, -0.05) is 72.8 Å². The Balaban J connectivity index is 1.64. The van der Waals surface area contributed by atoms with E-state index < -0.39 is 0 Å². The van der Waals surface area contributed by atoms with E-state index in [1.165, 1.54) is 75.4 Å². The second-order valence-corrected chi connectivity index (χ2v) is 8.87. The number of furan rings is 1. The normalized spacial score (nSPS) is 13.2. The molecule has 31 heavy (non-hydrogen) atoms. The number of hydrogen-bond acceptors (Lipinski definition) is 1. The first-order chi connectivity index (χ1) is 15.4. The molecule has 0 atom stereocenters. The molecule has 0 radical (unpaired) electrons. The molecule has 1 nitrogen and oxygen atoms in total. The van der Waals surface area contributed by atoms with Crippen LogP contribution >= 0.6 is 0 Å². The van der Waals surface area contributed by atoms with E-state index >= 15 is 0 Å². The summed E-state index contributed by atoms with van der Waals surface area (Å²) < 4.78 is 6.72. The average Bonchev–Trinajstić information content (AvgIpc) is 3.44. The van der Waals surface area contributed by atoms with Crippen molar-refractivity contribution < 1.29 is 4.42 Å². The third kappa shape index (κ3) is 1.48. The van der Waals surface area contributed by atoms with Crippen molar-refractivity contribution in [3.8, 4) is 0 Å². The molecule has 0 aliphatic rings. The lowest BCUT2D eigenvalue weighted by molar-refractivity contribution is 0.677. The Morgan fingerprint density at radius 1 is 0.323 bits per heavy atom. The van der Waals surface area contributed by atoms with Gasteiger partial charge in [0.1, 0.15) is 11.2 Å². The fourth-order valence-electron chi connectivity index (χ4n) is 6.28. The van der Waals surface area contributed by atoms with Gasteiger partial charge in [0.2, 0.25) is 0 Å². The van der Waals surface area contributed by atoms with Gasteiger partial charge >= 0.3 is 0 Å². The first-order valence-corrected chi connectivity index (χ1v) is 10.8. The zero-order valence-electron chi connectivity index (χ0n) is 16.5. The van der Waals surface area contributed by atoms with Gasteiger partial charge in [0, 0.05) is 32.3 Å². The molecule has 0 amide bonds. The summed E-state index contributed by atoms with van der Waals surface area (Å²) in [5.41, 5.74) is 2.06. The number of benzene rings is 6. The number of hydrogen-bond donors (Lipinski definition) is 0. The SMILES string of the molecule is c1cc2ccc3c4oc5c6ccc7cccc8ccc(c6c78)c5c4c4ccc(c1)c2c34. The highest BCUT2D eigenvalue weighted by Crippen LogP contribution is 2.51. The third-order valence-electron chi connectivity index (χ3n) is 7.49. The van der Waals surface area contributed by atoms with Gasteiger partial charge in [-0.25, -0.2) is 0 Å². The zero-order chi connectivity index (χ0) is 19.8. The second-order valence-electron chi connectivity index (χ2n) is 8.87. The molecule has 1 heterocycles. The molecule has 0 saturated carbocycles. The molecule has 0 saturated heterocycles. The molecule has 140 valence electrons. The summed E-state index contributed by atoms with van der Waals surface area (Å²) in [6.45, 7) is 0. The largest absolute Gasteiger partial charge is 0.455 e. The maximum Gasteiger partial charge on any atom is 0.143 e. The molecule has 9 aromatic rings. The van der Waals surface area contributed by atoms with Crippen molar-refractivity contribution in [2.24, 2.45) is 0 Å². The predicted octanol–water partition coefficient (Wildman–Crippen LogP) is 8.82. The maximum atomic E-state index is 6.72. The van der Waals surface area contributed by atoms with Crippen LogP contribution in [-0.2, 0) is 0 Å². The Labute approximate surface area is 176 Å². The van der Waals surface area contributed by atoms with Crippen molar-refractivity contribution in [2.75, 3.05) is 0 Å². The minimum atomic E-state index is 1.03. The second kappa shape index (κ2) is 4.63. The van der Waals surface area contributed by atoms with E-state index in [2.05, 4.69) is 84.9 Å². The van der Waals surface area contributed by atoms with Crippen LogP contribution in [0.1, 0.15) is 0 Å². The van der Waals surface area contributed by atoms with Crippen LogP contribution in [0.2, 0.25) is 0 Å². The van der Waals surface area contributed by atoms with Crippen molar-refractivity contribution in [3.63, 3.8) is 0 Å². The van der Waals surface area contributed by atoms with Gasteiger partial charge in [0.25, 0.3) is 0 Å². The van der Waals surface area contributed by atoms with Gasteiger partial charge in [0.15, 0.2) is 0 Å². The van der Waals surface area contributed by atoms with Crippen LogP contribution < -0.4 is 0 Å². The fourth-order valence-corrected chi connectivity index (χ4v) is 6.28. The molecule has 1 aromatic heterocycles. The predicted molar refractivity (Wildman–Crippen MR) is 132 cm³/mol. The molecule has 0 fully saturated rings. The summed E-state index contributed by atoms with van der Waals surface area (Å²) >= 11 is 0. The monoisotopic (exact) mass is 390 g/mol. The lowest BCUT2D eigenvalue weighted by Crippen LogP contribution is -1.78. The summed E-state index contributed by atoms with van der Waals surface area (Å²) in [6.07, 6.45) is 0. The van der Waals surface area contributed by atoms with E-state index in [-0.39, 0.29) is 0 Å². The summed E-state index contributed by atoms with van der Waals surface area (Å²) in [5.74, 6) is 0. The molecule has 8 aromatic carbocycles. The van der Waals surface area contributed by atoms with Gasteiger partial charge < -0.3 is 4.42 Å². The molecular weight excluding hydrogens is 376 g/mol. The lowest BCUT2D eigenvalue weighted by atomic mass is 9.97. The molecule has 9 rings (SSSR count). The summed E-state index contributed by atoms with van der Waals surface area (Å²) in [5, 5.41) is 18.2. The molecule has 0 bridgehead atoms. The minimum absolute atomic E-state index is 1.03. The first-order valence-electron chi connectivity index (χ1n) is 10.8. The topological polar surface area (TPSA) is 13.1 Å². The third-order valence-corrected chi connectivity index (χ3v) is 7.49. The van der Waals surface area contributed by atoms with E-state index in [9.17, 15) is 0 Å². The molecule has 0 aliphatic heterocycles. The van der Waals surface area contributed by atoms with Crippen LogP contribution in [0.3, 0.4) is 0 Å². The van der Waals surface area contributed by atoms with E-state index in [1.54, 1.807) is 0 Å². The lowest BCUT2D eigenvalue weighted by Gasteiger charge is -2.06. The van der Waals surface area contributed by atoms with Crippen molar-refractivity contribution in [2.45, 2.75) is 0 Å². The Morgan fingerprint density at radius 3 is 1.13 bits per heavy atom. The highest BCUT2D eigenvalue weighted by Gasteiger charge is 2.25. The molecule has 0 N–H and O–H groups in total. The Morgan fingerprint density at radius 2 is 0.710 bits per heavy atom. The minimum Gasteiger partial charge on any atom is -0.455 e. The van der Waals surface area contributed by atoms with Crippen molar-refractivity contribution in [1.29, 1.82) is 0 Å². The Hall–Kier alpha value is -4.10. The van der Waals surface area contributed by atoms with Gasteiger partial charge in [0.05, 0.1) is 0 Å². The van der Waals surface area contributed by atoms with Crippen LogP contribution in [0, 0.1) is 0 Å². The first kappa shape index (κ1) is 14.8. The van der Waals surface area contributed by atoms with Gasteiger partial charge in [-0.05, 0) is 55.2 Å². The van der Waals surface area contributed by atoms with Crippen molar-refractivity contribution >= 4 is 86.6 Å². The fraction of sp³-hybridized carbons (Fsp3) is 0. The Kier molecular flexibility index (Phi) is 2.21. The van der Waals surface area contributed by atoms with E-state index in [1.807, 2.05) is 0 Å². The standard InChI is InChI=1S/C30H14O/c1-3-15-7-11-19-25-21(13-9-17(5-1)23(15)25)29-27(19)28-20-12-8-16-4-2-6-18-10-14-22(30(28)31-29)26(20)24(16)18/h1-14H. The highest BCUT2D eigenvalue weighted by atomic mass is 16.3. The van der Waals surface area contributed by atoms with Gasteiger partial charge in [-0.3, -0.25) is 0 Å². The number of fused-ring (bicyclic) bond motifs is 7. The van der Waals surface area contributed by atoms with Crippen molar-refractivity contribution in [1.82, 2.24) is 0 Å². The van der Waals surface area contributed by atoms with E-state index in [4.69, 9.17) is 4.42 Å². The smallest absolute Gasteiger partial charge is 0.143 e. The van der Waals surface area contributed by atoms with Crippen LogP contribution in [0.5, 0.6) is 0 Å². The molecule has 0 unspecified atom stereocenters. The summed E-state index contributed by atoms with van der Waals surface area (Å²) in [7, 11) is 0. The molecule has 0 spiro atoms. The molecular formula is C30H14O.